The summed E-state index contributed by atoms with van der Waals surface area (Å²) in [5, 5.41) is 21.6. The van der Waals surface area contributed by atoms with Crippen molar-refractivity contribution in [2.75, 3.05) is 0 Å². The van der Waals surface area contributed by atoms with E-state index in [2.05, 4.69) is 0 Å². The van der Waals surface area contributed by atoms with Crippen LogP contribution in [0.25, 0.3) is 10.8 Å². The van der Waals surface area contributed by atoms with Crippen molar-refractivity contribution in [1.82, 2.24) is 4.72 Å². The molecule has 0 radical (unpaired) electrons. The standard InChI is InChI=1S/C20H16N2O7S/c23-19(18(20(24)25)11-13-5-8-16(9-6-13)22(26)27)21-30(28,29)17-10-7-14-3-1-2-4-15(14)12-17/h1-10,12,18H,11H2,(H,21,23)(H,24,25). The topological polar surface area (TPSA) is 144 Å². The molecule has 3 aromatic carbocycles. The Bertz CT molecular complexity index is 1240. The zero-order valence-corrected chi connectivity index (χ0v) is 16.2. The van der Waals surface area contributed by atoms with Crippen molar-refractivity contribution in [1.29, 1.82) is 0 Å². The number of amides is 1. The third kappa shape index (κ3) is 4.61. The fourth-order valence-electron chi connectivity index (χ4n) is 2.88. The number of rotatable bonds is 7. The Labute approximate surface area is 171 Å². The molecule has 1 amide bonds. The van der Waals surface area contributed by atoms with E-state index in [4.69, 9.17) is 0 Å². The van der Waals surface area contributed by atoms with Crippen LogP contribution in [0.5, 0.6) is 0 Å². The molecule has 0 saturated carbocycles. The number of sulfonamides is 1. The molecule has 1 unspecified atom stereocenters. The number of hydrogen-bond donors (Lipinski definition) is 2. The molecule has 3 aromatic rings. The van der Waals surface area contributed by atoms with Crippen molar-refractivity contribution < 1.29 is 28.0 Å². The van der Waals surface area contributed by atoms with Crippen LogP contribution in [-0.4, -0.2) is 30.3 Å². The lowest BCUT2D eigenvalue weighted by Gasteiger charge is -2.14. The first kappa shape index (κ1) is 20.9. The van der Waals surface area contributed by atoms with Crippen LogP contribution in [0.15, 0.2) is 71.6 Å². The monoisotopic (exact) mass is 428 g/mol. The Kier molecular flexibility index (Phi) is 5.79. The summed E-state index contributed by atoms with van der Waals surface area (Å²) in [7, 11) is -4.29. The maximum Gasteiger partial charge on any atom is 0.316 e. The highest BCUT2D eigenvalue weighted by atomic mass is 32.2. The van der Waals surface area contributed by atoms with Crippen LogP contribution >= 0.6 is 0 Å². The van der Waals surface area contributed by atoms with Crippen LogP contribution in [0.2, 0.25) is 0 Å². The van der Waals surface area contributed by atoms with Gasteiger partial charge in [0.15, 0.2) is 0 Å². The first-order valence-corrected chi connectivity index (χ1v) is 10.2. The third-order valence-corrected chi connectivity index (χ3v) is 5.81. The minimum atomic E-state index is -4.29. The summed E-state index contributed by atoms with van der Waals surface area (Å²) < 4.78 is 27.0. The van der Waals surface area contributed by atoms with Gasteiger partial charge in [0.25, 0.3) is 15.7 Å². The van der Waals surface area contributed by atoms with E-state index in [1.165, 1.54) is 36.4 Å². The lowest BCUT2D eigenvalue weighted by Crippen LogP contribution is -2.40. The molecular formula is C20H16N2O7S. The Hall–Kier alpha value is -3.79. The van der Waals surface area contributed by atoms with E-state index in [-0.39, 0.29) is 17.0 Å². The van der Waals surface area contributed by atoms with E-state index in [0.29, 0.717) is 10.9 Å². The van der Waals surface area contributed by atoms with Gasteiger partial charge in [-0.2, -0.15) is 0 Å². The van der Waals surface area contributed by atoms with Crippen molar-refractivity contribution in [3.63, 3.8) is 0 Å². The number of aliphatic carboxylic acids is 1. The second kappa shape index (κ2) is 8.29. The minimum Gasteiger partial charge on any atom is -0.481 e. The van der Waals surface area contributed by atoms with Gasteiger partial charge in [-0.25, -0.2) is 13.1 Å². The number of carboxylic acids is 1. The van der Waals surface area contributed by atoms with Crippen molar-refractivity contribution in [3.8, 4) is 0 Å². The molecule has 0 aliphatic carbocycles. The predicted molar refractivity (Wildman–Crippen MR) is 107 cm³/mol. The third-order valence-electron chi connectivity index (χ3n) is 4.47. The van der Waals surface area contributed by atoms with Gasteiger partial charge in [-0.05, 0) is 34.9 Å². The van der Waals surface area contributed by atoms with Gasteiger partial charge in [-0.3, -0.25) is 19.7 Å². The molecule has 0 saturated heterocycles. The molecule has 0 aliphatic rings. The molecule has 30 heavy (non-hydrogen) atoms. The Morgan fingerprint density at radius 3 is 2.23 bits per heavy atom. The molecule has 1 atom stereocenters. The van der Waals surface area contributed by atoms with Gasteiger partial charge in [-0.15, -0.1) is 0 Å². The van der Waals surface area contributed by atoms with Gasteiger partial charge < -0.3 is 5.11 Å². The summed E-state index contributed by atoms with van der Waals surface area (Å²) in [5.41, 5.74) is 0.153. The lowest BCUT2D eigenvalue weighted by atomic mass is 9.99. The van der Waals surface area contributed by atoms with Gasteiger partial charge in [0.2, 0.25) is 5.91 Å². The molecule has 10 heteroatoms. The largest absolute Gasteiger partial charge is 0.481 e. The molecule has 0 aromatic heterocycles. The summed E-state index contributed by atoms with van der Waals surface area (Å²) in [6.45, 7) is 0. The SMILES string of the molecule is O=C(O)C(Cc1ccc([N+](=O)[O-])cc1)C(=O)NS(=O)(=O)c1ccc2ccccc2c1. The first-order chi connectivity index (χ1) is 14.2. The number of fused-ring (bicyclic) bond motifs is 1. The number of benzene rings is 3. The zero-order valence-electron chi connectivity index (χ0n) is 15.4. The van der Waals surface area contributed by atoms with Crippen molar-refractivity contribution in [2.45, 2.75) is 11.3 Å². The summed E-state index contributed by atoms with van der Waals surface area (Å²) in [6, 6.07) is 16.3. The lowest BCUT2D eigenvalue weighted by molar-refractivity contribution is -0.384. The van der Waals surface area contributed by atoms with Gasteiger partial charge in [0.05, 0.1) is 9.82 Å². The van der Waals surface area contributed by atoms with Crippen molar-refractivity contribution >= 4 is 38.4 Å². The number of carboxylic acid groups (broad SMARTS) is 1. The highest BCUT2D eigenvalue weighted by Crippen LogP contribution is 2.20. The molecule has 9 nitrogen and oxygen atoms in total. The van der Waals surface area contributed by atoms with Gasteiger partial charge in [-0.1, -0.05) is 42.5 Å². The van der Waals surface area contributed by atoms with Gasteiger partial charge in [0.1, 0.15) is 5.92 Å². The normalized spacial score (nSPS) is 12.3. The molecule has 0 heterocycles. The fourth-order valence-corrected chi connectivity index (χ4v) is 3.93. The van der Waals surface area contributed by atoms with E-state index < -0.39 is 32.7 Å². The number of nitrogens with zero attached hydrogens (tertiary/aromatic N) is 1. The molecular weight excluding hydrogens is 412 g/mol. The summed E-state index contributed by atoms with van der Waals surface area (Å²) in [6.07, 6.45) is -0.327. The molecule has 3 rings (SSSR count). The van der Waals surface area contributed by atoms with Gasteiger partial charge >= 0.3 is 5.97 Å². The quantitative estimate of drug-likeness (QED) is 0.334. The molecule has 0 spiro atoms. The zero-order chi connectivity index (χ0) is 21.9. The second-order valence-electron chi connectivity index (χ2n) is 6.50. The average Bonchev–Trinajstić information content (AvgIpc) is 2.71. The summed E-state index contributed by atoms with van der Waals surface area (Å²) in [4.78, 5) is 33.9. The van der Waals surface area contributed by atoms with Crippen LogP contribution in [0.3, 0.4) is 0 Å². The number of hydrogen-bond acceptors (Lipinski definition) is 6. The molecule has 2 N–H and O–H groups in total. The number of nitrogens with one attached hydrogen (secondary N) is 1. The highest BCUT2D eigenvalue weighted by Gasteiger charge is 2.30. The van der Waals surface area contributed by atoms with Crippen LogP contribution in [-0.2, 0) is 26.0 Å². The number of nitro groups is 1. The molecule has 154 valence electrons. The van der Waals surface area contributed by atoms with Crippen LogP contribution in [0.1, 0.15) is 5.56 Å². The fraction of sp³-hybridized carbons (Fsp3) is 0.100. The minimum absolute atomic E-state index is 0.172. The average molecular weight is 428 g/mol. The predicted octanol–water partition coefficient (Wildman–Crippen LogP) is 2.50. The Balaban J connectivity index is 1.80. The maximum atomic E-state index is 12.6. The second-order valence-corrected chi connectivity index (χ2v) is 8.18. The Morgan fingerprint density at radius 2 is 1.63 bits per heavy atom. The molecule has 0 fully saturated rings. The smallest absolute Gasteiger partial charge is 0.316 e. The maximum absolute atomic E-state index is 12.6. The molecule has 0 bridgehead atoms. The highest BCUT2D eigenvalue weighted by molar-refractivity contribution is 7.90. The first-order valence-electron chi connectivity index (χ1n) is 8.69. The van der Waals surface area contributed by atoms with E-state index in [1.807, 2.05) is 4.72 Å². The Morgan fingerprint density at radius 1 is 1.00 bits per heavy atom. The van der Waals surface area contributed by atoms with Crippen LogP contribution in [0.4, 0.5) is 5.69 Å². The molecule has 0 aliphatic heterocycles. The van der Waals surface area contributed by atoms with E-state index in [1.54, 1.807) is 30.3 Å². The number of nitro benzene ring substituents is 1. The van der Waals surface area contributed by atoms with E-state index in [9.17, 15) is 33.2 Å². The van der Waals surface area contributed by atoms with Gasteiger partial charge in [0, 0.05) is 12.1 Å². The van der Waals surface area contributed by atoms with Crippen molar-refractivity contribution in [3.05, 3.63) is 82.4 Å². The number of carbonyl (C=O) groups excluding carboxylic acids is 1. The van der Waals surface area contributed by atoms with E-state index in [0.717, 1.165) is 5.39 Å². The van der Waals surface area contributed by atoms with Crippen molar-refractivity contribution in [2.24, 2.45) is 5.92 Å². The summed E-state index contributed by atoms with van der Waals surface area (Å²) >= 11 is 0. The summed E-state index contributed by atoms with van der Waals surface area (Å²) in [5.74, 6) is -4.41. The number of carbonyl (C=O) groups is 2. The van der Waals surface area contributed by atoms with E-state index >= 15 is 0 Å². The number of non-ortho nitro benzene ring substituents is 1. The van der Waals surface area contributed by atoms with Crippen LogP contribution in [0, 0.1) is 16.0 Å². The van der Waals surface area contributed by atoms with Crippen LogP contribution < -0.4 is 4.72 Å².